The molecule has 0 radical (unpaired) electrons. The van der Waals surface area contributed by atoms with E-state index in [1.165, 1.54) is 0 Å². The number of nitrogens with zero attached hydrogens (tertiary/aromatic N) is 2. The molecule has 1 heterocycles. The van der Waals surface area contributed by atoms with Gasteiger partial charge in [-0.2, -0.15) is 0 Å². The summed E-state index contributed by atoms with van der Waals surface area (Å²) in [5.74, 6) is 1.00. The molecular formula is C10H15ClN2O. The van der Waals surface area contributed by atoms with Crippen molar-refractivity contribution in [2.75, 3.05) is 6.61 Å². The predicted octanol–water partition coefficient (Wildman–Crippen LogP) is 2.86. The van der Waals surface area contributed by atoms with Crippen LogP contribution in [0, 0.1) is 5.92 Å². The normalized spacial score (nSPS) is 13.2. The van der Waals surface area contributed by atoms with E-state index < -0.39 is 0 Å². The lowest BCUT2D eigenvalue weighted by Crippen LogP contribution is -2.14. The summed E-state index contributed by atoms with van der Waals surface area (Å²) in [6.07, 6.45) is 1.58. The first-order valence-electron chi connectivity index (χ1n) is 4.75. The van der Waals surface area contributed by atoms with Gasteiger partial charge in [-0.05, 0) is 18.9 Å². The molecule has 3 nitrogen and oxygen atoms in total. The molecule has 14 heavy (non-hydrogen) atoms. The lowest BCUT2D eigenvalue weighted by atomic mass is 10.1. The number of hydrogen-bond donors (Lipinski definition) is 0. The second-order valence-electron chi connectivity index (χ2n) is 3.36. The van der Waals surface area contributed by atoms with Crippen LogP contribution in [0.5, 0.6) is 0 Å². The Kier molecular flexibility index (Phi) is 4.29. The van der Waals surface area contributed by atoms with Crippen molar-refractivity contribution in [3.63, 3.8) is 0 Å². The Balaban J connectivity index is 2.87. The molecule has 1 unspecified atom stereocenters. The van der Waals surface area contributed by atoms with Gasteiger partial charge in [0, 0.05) is 12.8 Å². The van der Waals surface area contributed by atoms with Crippen molar-refractivity contribution in [3.8, 4) is 0 Å². The van der Waals surface area contributed by atoms with Crippen molar-refractivity contribution in [3.05, 3.63) is 23.2 Å². The highest BCUT2D eigenvalue weighted by molar-refractivity contribution is 6.29. The summed E-state index contributed by atoms with van der Waals surface area (Å²) in [4.78, 5) is 8.30. The molecule has 0 spiro atoms. The van der Waals surface area contributed by atoms with Crippen LogP contribution in [-0.2, 0) is 4.74 Å². The Morgan fingerprint density at radius 2 is 2.21 bits per heavy atom. The molecule has 1 rings (SSSR count). The quantitative estimate of drug-likeness (QED) is 0.723. The van der Waals surface area contributed by atoms with E-state index >= 15 is 0 Å². The van der Waals surface area contributed by atoms with Crippen molar-refractivity contribution in [1.82, 2.24) is 9.97 Å². The molecule has 0 aliphatic heterocycles. The minimum absolute atomic E-state index is 0.0706. The lowest BCUT2D eigenvalue weighted by molar-refractivity contribution is 0.0232. The molecule has 1 aromatic rings. The highest BCUT2D eigenvalue weighted by atomic mass is 35.5. The summed E-state index contributed by atoms with van der Waals surface area (Å²) in [6.45, 7) is 6.76. The molecule has 0 saturated carbocycles. The van der Waals surface area contributed by atoms with Crippen molar-refractivity contribution in [1.29, 1.82) is 0 Å². The average molecular weight is 215 g/mol. The summed E-state index contributed by atoms with van der Waals surface area (Å²) < 4.78 is 5.56. The number of halogens is 1. The largest absolute Gasteiger partial charge is 0.370 e. The van der Waals surface area contributed by atoms with Gasteiger partial charge in [0.2, 0.25) is 0 Å². The molecule has 0 N–H and O–H groups in total. The first kappa shape index (κ1) is 11.4. The molecule has 0 aliphatic rings. The average Bonchev–Trinajstić information content (AvgIpc) is 2.13. The zero-order valence-corrected chi connectivity index (χ0v) is 9.45. The summed E-state index contributed by atoms with van der Waals surface area (Å²) in [5, 5.41) is 0.459. The van der Waals surface area contributed by atoms with Gasteiger partial charge >= 0.3 is 0 Å². The molecule has 1 atom stereocenters. The smallest absolute Gasteiger partial charge is 0.159 e. The Morgan fingerprint density at radius 3 is 2.71 bits per heavy atom. The minimum atomic E-state index is -0.0706. The number of hydrogen-bond acceptors (Lipinski definition) is 3. The molecule has 4 heteroatoms. The maximum absolute atomic E-state index is 5.79. The van der Waals surface area contributed by atoms with E-state index in [0.717, 1.165) is 0 Å². The van der Waals surface area contributed by atoms with Gasteiger partial charge in [-0.25, -0.2) is 9.97 Å². The van der Waals surface area contributed by atoms with Gasteiger partial charge in [0.05, 0.1) is 0 Å². The highest BCUT2D eigenvalue weighted by Gasteiger charge is 2.18. The van der Waals surface area contributed by atoms with Crippen LogP contribution in [0.1, 0.15) is 32.7 Å². The van der Waals surface area contributed by atoms with Gasteiger partial charge in [-0.3, -0.25) is 0 Å². The van der Waals surface area contributed by atoms with Crippen LogP contribution in [0.15, 0.2) is 12.3 Å². The van der Waals surface area contributed by atoms with Crippen LogP contribution in [0.3, 0.4) is 0 Å². The fraction of sp³-hybridized carbons (Fsp3) is 0.600. The number of ether oxygens (including phenoxy) is 1. The molecule has 0 aromatic carbocycles. The Morgan fingerprint density at radius 1 is 1.50 bits per heavy atom. The summed E-state index contributed by atoms with van der Waals surface area (Å²) in [6, 6.07) is 1.66. The molecule has 0 aliphatic carbocycles. The first-order chi connectivity index (χ1) is 6.65. The van der Waals surface area contributed by atoms with Crippen LogP contribution in [0.2, 0.25) is 5.15 Å². The zero-order chi connectivity index (χ0) is 10.6. The van der Waals surface area contributed by atoms with Crippen LogP contribution in [-0.4, -0.2) is 16.6 Å². The summed E-state index contributed by atoms with van der Waals surface area (Å²) in [5.41, 5.74) is 0. The van der Waals surface area contributed by atoms with E-state index in [9.17, 15) is 0 Å². The monoisotopic (exact) mass is 214 g/mol. The first-order valence-corrected chi connectivity index (χ1v) is 5.13. The minimum Gasteiger partial charge on any atom is -0.370 e. The molecule has 0 amide bonds. The van der Waals surface area contributed by atoms with E-state index in [1.807, 2.05) is 6.92 Å². The van der Waals surface area contributed by atoms with Crippen LogP contribution in [0.4, 0.5) is 0 Å². The lowest BCUT2D eigenvalue weighted by Gasteiger charge is -2.18. The predicted molar refractivity (Wildman–Crippen MR) is 56.2 cm³/mol. The third-order valence-electron chi connectivity index (χ3n) is 1.85. The van der Waals surface area contributed by atoms with E-state index in [1.54, 1.807) is 12.3 Å². The summed E-state index contributed by atoms with van der Waals surface area (Å²) in [7, 11) is 0. The molecule has 0 saturated heterocycles. The fourth-order valence-electron chi connectivity index (χ4n) is 1.23. The highest BCUT2D eigenvalue weighted by Crippen LogP contribution is 2.23. The molecular weight excluding hydrogens is 200 g/mol. The van der Waals surface area contributed by atoms with E-state index in [2.05, 4.69) is 23.8 Å². The maximum atomic E-state index is 5.79. The van der Waals surface area contributed by atoms with Gasteiger partial charge < -0.3 is 4.74 Å². The third kappa shape index (κ3) is 2.93. The van der Waals surface area contributed by atoms with E-state index in [0.29, 0.717) is 23.5 Å². The SMILES string of the molecule is CCOC(c1nccc(Cl)n1)C(C)C. The van der Waals surface area contributed by atoms with Gasteiger partial charge in [0.25, 0.3) is 0 Å². The molecule has 1 aromatic heterocycles. The Labute approximate surface area is 89.5 Å². The Bertz CT molecular complexity index is 291. The van der Waals surface area contributed by atoms with Gasteiger partial charge in [0.15, 0.2) is 5.82 Å². The van der Waals surface area contributed by atoms with Crippen molar-refractivity contribution < 1.29 is 4.74 Å². The van der Waals surface area contributed by atoms with Crippen molar-refractivity contribution in [2.24, 2.45) is 5.92 Å². The topological polar surface area (TPSA) is 35.0 Å². The number of rotatable bonds is 4. The molecule has 0 bridgehead atoms. The van der Waals surface area contributed by atoms with Crippen LogP contribution < -0.4 is 0 Å². The molecule has 78 valence electrons. The van der Waals surface area contributed by atoms with Gasteiger partial charge in [-0.15, -0.1) is 0 Å². The van der Waals surface area contributed by atoms with Crippen molar-refractivity contribution >= 4 is 11.6 Å². The summed E-state index contributed by atoms with van der Waals surface area (Å²) >= 11 is 5.79. The second-order valence-corrected chi connectivity index (χ2v) is 3.74. The number of aromatic nitrogens is 2. The van der Waals surface area contributed by atoms with Gasteiger partial charge in [-0.1, -0.05) is 25.4 Å². The van der Waals surface area contributed by atoms with Crippen molar-refractivity contribution in [2.45, 2.75) is 26.9 Å². The third-order valence-corrected chi connectivity index (χ3v) is 2.06. The maximum Gasteiger partial charge on any atom is 0.159 e. The zero-order valence-electron chi connectivity index (χ0n) is 8.70. The van der Waals surface area contributed by atoms with Crippen LogP contribution >= 0.6 is 11.6 Å². The molecule has 0 fully saturated rings. The van der Waals surface area contributed by atoms with Crippen LogP contribution in [0.25, 0.3) is 0 Å². The Hall–Kier alpha value is -0.670. The van der Waals surface area contributed by atoms with E-state index in [4.69, 9.17) is 16.3 Å². The van der Waals surface area contributed by atoms with Gasteiger partial charge in [0.1, 0.15) is 11.3 Å². The van der Waals surface area contributed by atoms with E-state index in [-0.39, 0.29) is 6.10 Å². The fourth-order valence-corrected chi connectivity index (χ4v) is 1.38. The second kappa shape index (κ2) is 5.27. The standard InChI is InChI=1S/C10H15ClN2O/c1-4-14-9(7(2)3)10-12-6-5-8(11)13-10/h5-7,9H,4H2,1-3H3.